The Bertz CT molecular complexity index is 751. The summed E-state index contributed by atoms with van der Waals surface area (Å²) >= 11 is 1.83. The highest BCUT2D eigenvalue weighted by molar-refractivity contribution is 7.91. The number of hydrogen-bond acceptors (Lipinski definition) is 6. The molecular weight excluding hydrogens is 372 g/mol. The zero-order valence-corrected chi connectivity index (χ0v) is 17.1. The number of carbonyl (C=O) groups excluding carboxylic acids is 1. The van der Waals surface area contributed by atoms with Crippen molar-refractivity contribution in [3.8, 4) is 0 Å². The lowest BCUT2D eigenvalue weighted by molar-refractivity contribution is -0.137. The van der Waals surface area contributed by atoms with Gasteiger partial charge in [-0.3, -0.25) is 9.69 Å². The van der Waals surface area contributed by atoms with Crippen LogP contribution in [0, 0.1) is 12.3 Å². The van der Waals surface area contributed by atoms with Gasteiger partial charge in [0, 0.05) is 35.6 Å². The molecule has 0 aromatic carbocycles. The number of aliphatic hydroxyl groups excluding tert-OH is 1. The van der Waals surface area contributed by atoms with E-state index in [9.17, 15) is 18.3 Å². The van der Waals surface area contributed by atoms with Crippen LogP contribution in [0.3, 0.4) is 0 Å². The highest BCUT2D eigenvalue weighted by Gasteiger charge is 2.43. The summed E-state index contributed by atoms with van der Waals surface area (Å²) in [7, 11) is -3.35. The lowest BCUT2D eigenvalue weighted by Crippen LogP contribution is -2.56. The molecule has 0 bridgehead atoms. The second-order valence-corrected chi connectivity index (χ2v) is 11.5. The molecule has 146 valence electrons. The lowest BCUT2D eigenvalue weighted by Gasteiger charge is -2.49. The maximum atomic E-state index is 12.3. The van der Waals surface area contributed by atoms with Crippen molar-refractivity contribution in [2.45, 2.75) is 38.8 Å². The summed E-state index contributed by atoms with van der Waals surface area (Å²) in [5, 5.41) is 10.3. The summed E-state index contributed by atoms with van der Waals surface area (Å²) in [5.74, 6) is -0.859. The third-order valence-corrected chi connectivity index (χ3v) is 7.21. The first-order chi connectivity index (χ1) is 12.1. The van der Waals surface area contributed by atoms with E-state index < -0.39 is 21.7 Å². The number of piperidine rings is 2. The van der Waals surface area contributed by atoms with Crippen molar-refractivity contribution in [1.29, 1.82) is 0 Å². The number of thiophene rings is 1. The Kier molecular flexibility index (Phi) is 5.77. The van der Waals surface area contributed by atoms with E-state index in [1.807, 2.05) is 11.3 Å². The molecule has 0 saturated carbocycles. The van der Waals surface area contributed by atoms with Crippen LogP contribution < -0.4 is 0 Å². The third kappa shape index (κ3) is 5.06. The summed E-state index contributed by atoms with van der Waals surface area (Å²) in [6.07, 6.45) is 3.06. The van der Waals surface area contributed by atoms with Gasteiger partial charge in [0.1, 0.15) is 5.75 Å². The Balaban J connectivity index is 1.60. The van der Waals surface area contributed by atoms with E-state index in [-0.39, 0.29) is 17.9 Å². The van der Waals surface area contributed by atoms with Crippen LogP contribution in [0.5, 0.6) is 0 Å². The van der Waals surface area contributed by atoms with Crippen molar-refractivity contribution in [2.75, 3.05) is 38.2 Å². The number of amides is 1. The lowest BCUT2D eigenvalue weighted by atomic mass is 9.71. The second-order valence-electron chi connectivity index (χ2n) is 7.99. The van der Waals surface area contributed by atoms with Crippen LogP contribution in [0.15, 0.2) is 12.1 Å². The van der Waals surface area contributed by atoms with Gasteiger partial charge in [0.25, 0.3) is 0 Å². The van der Waals surface area contributed by atoms with E-state index >= 15 is 0 Å². The molecule has 1 aromatic rings. The zero-order valence-electron chi connectivity index (χ0n) is 15.5. The van der Waals surface area contributed by atoms with E-state index in [4.69, 9.17) is 0 Å². The summed E-state index contributed by atoms with van der Waals surface area (Å²) in [4.78, 5) is 19.0. The van der Waals surface area contributed by atoms with Gasteiger partial charge in [-0.15, -0.1) is 11.3 Å². The molecule has 0 radical (unpaired) electrons. The van der Waals surface area contributed by atoms with E-state index in [1.54, 1.807) is 4.90 Å². The van der Waals surface area contributed by atoms with Crippen molar-refractivity contribution in [3.63, 3.8) is 0 Å². The maximum Gasteiger partial charge on any atom is 0.237 e. The fourth-order valence-corrected chi connectivity index (χ4v) is 5.76. The first-order valence-corrected chi connectivity index (χ1v) is 11.9. The molecule has 8 heteroatoms. The van der Waals surface area contributed by atoms with Gasteiger partial charge >= 0.3 is 0 Å². The first kappa shape index (κ1) is 19.8. The van der Waals surface area contributed by atoms with E-state index in [0.717, 1.165) is 38.7 Å². The summed E-state index contributed by atoms with van der Waals surface area (Å²) in [6.45, 7) is 5.76. The molecule has 26 heavy (non-hydrogen) atoms. The molecule has 1 amide bonds. The van der Waals surface area contributed by atoms with Gasteiger partial charge in [0.2, 0.25) is 5.91 Å². The number of carbonyl (C=O) groups is 1. The summed E-state index contributed by atoms with van der Waals surface area (Å²) in [6, 6.07) is 4.33. The van der Waals surface area contributed by atoms with Crippen molar-refractivity contribution in [3.05, 3.63) is 21.9 Å². The molecule has 2 aliphatic heterocycles. The topological polar surface area (TPSA) is 77.9 Å². The van der Waals surface area contributed by atoms with Gasteiger partial charge in [-0.25, -0.2) is 8.42 Å². The second kappa shape index (κ2) is 7.58. The van der Waals surface area contributed by atoms with Gasteiger partial charge in [-0.2, -0.15) is 0 Å². The fourth-order valence-electron chi connectivity index (χ4n) is 4.20. The van der Waals surface area contributed by atoms with Crippen LogP contribution in [-0.2, 0) is 21.2 Å². The maximum absolute atomic E-state index is 12.3. The highest BCUT2D eigenvalue weighted by atomic mass is 32.2. The Morgan fingerprint density at radius 1 is 1.35 bits per heavy atom. The predicted molar refractivity (Wildman–Crippen MR) is 103 cm³/mol. The number of aliphatic hydroxyl groups is 1. The van der Waals surface area contributed by atoms with Crippen LogP contribution in [0.2, 0.25) is 0 Å². The minimum absolute atomic E-state index is 0.0906. The minimum atomic E-state index is -3.35. The number of likely N-dealkylation sites (tertiary alicyclic amines) is 2. The molecule has 0 aliphatic carbocycles. The number of nitrogens with zero attached hydrogens (tertiary/aromatic N) is 2. The molecule has 1 atom stereocenters. The normalized spacial score (nSPS) is 24.1. The van der Waals surface area contributed by atoms with Gasteiger partial charge < -0.3 is 10.0 Å². The first-order valence-electron chi connectivity index (χ1n) is 9.05. The van der Waals surface area contributed by atoms with E-state index in [1.165, 1.54) is 9.75 Å². The average Bonchev–Trinajstić information content (AvgIpc) is 2.93. The number of rotatable bonds is 4. The van der Waals surface area contributed by atoms with Gasteiger partial charge in [0.15, 0.2) is 9.84 Å². The number of β-amino-alcohol motifs (C(OH)–C–C–N with tert-alkyl or cyclic N) is 1. The molecule has 6 nitrogen and oxygen atoms in total. The fraction of sp³-hybridized carbons (Fsp3) is 0.722. The molecule has 3 heterocycles. The standard InChI is InChI=1S/C18H28N2O4S2/c1-14-3-4-16(25-14)11-19-7-5-18(6-8-19)9-15(21)10-20(13-18)17(22)12-26(2,23)24/h3-4,15,21H,5-13H2,1-2H3. The SMILES string of the molecule is Cc1ccc(CN2CCC3(CC2)CC(O)CN(C(=O)CS(C)(=O)=O)C3)s1. The summed E-state index contributed by atoms with van der Waals surface area (Å²) in [5.41, 5.74) is -0.0906. The van der Waals surface area contributed by atoms with Crippen molar-refractivity contribution >= 4 is 27.1 Å². The minimum Gasteiger partial charge on any atom is -0.391 e. The third-order valence-electron chi connectivity index (χ3n) is 5.46. The van der Waals surface area contributed by atoms with E-state index in [0.29, 0.717) is 13.0 Å². The quantitative estimate of drug-likeness (QED) is 0.824. The largest absolute Gasteiger partial charge is 0.391 e. The highest BCUT2D eigenvalue weighted by Crippen LogP contribution is 2.40. The number of hydrogen-bond donors (Lipinski definition) is 1. The van der Waals surface area contributed by atoms with Gasteiger partial charge in [-0.05, 0) is 56.8 Å². The molecule has 1 spiro atoms. The Morgan fingerprint density at radius 2 is 2.04 bits per heavy atom. The van der Waals surface area contributed by atoms with Crippen LogP contribution in [0.25, 0.3) is 0 Å². The van der Waals surface area contributed by atoms with Gasteiger partial charge in [0.05, 0.1) is 6.10 Å². The molecule has 3 rings (SSSR count). The Morgan fingerprint density at radius 3 is 2.62 bits per heavy atom. The molecular formula is C18H28N2O4S2. The van der Waals surface area contributed by atoms with Crippen LogP contribution in [0.1, 0.15) is 29.0 Å². The monoisotopic (exact) mass is 400 g/mol. The molecule has 1 N–H and O–H groups in total. The summed E-state index contributed by atoms with van der Waals surface area (Å²) < 4.78 is 22.9. The molecule has 1 unspecified atom stereocenters. The molecule has 1 aromatic heterocycles. The molecule has 2 fully saturated rings. The molecule has 2 saturated heterocycles. The van der Waals surface area contributed by atoms with Crippen molar-refractivity contribution in [1.82, 2.24) is 9.80 Å². The van der Waals surface area contributed by atoms with Crippen LogP contribution >= 0.6 is 11.3 Å². The Hall–Kier alpha value is -0.960. The Labute approximate surface area is 159 Å². The van der Waals surface area contributed by atoms with Crippen molar-refractivity contribution in [2.24, 2.45) is 5.41 Å². The van der Waals surface area contributed by atoms with Crippen molar-refractivity contribution < 1.29 is 18.3 Å². The van der Waals surface area contributed by atoms with Crippen LogP contribution in [-0.4, -0.2) is 73.5 Å². The smallest absolute Gasteiger partial charge is 0.237 e. The number of aryl methyl sites for hydroxylation is 1. The average molecular weight is 401 g/mol. The zero-order chi connectivity index (χ0) is 18.9. The van der Waals surface area contributed by atoms with Gasteiger partial charge in [-0.1, -0.05) is 0 Å². The van der Waals surface area contributed by atoms with Crippen LogP contribution in [0.4, 0.5) is 0 Å². The van der Waals surface area contributed by atoms with E-state index in [2.05, 4.69) is 24.0 Å². The molecule has 2 aliphatic rings. The predicted octanol–water partition coefficient (Wildman–Crippen LogP) is 1.28. The number of sulfone groups is 1.